The van der Waals surface area contributed by atoms with Crippen molar-refractivity contribution < 1.29 is 9.53 Å². The SMILES string of the molecule is COc1cncc(-c2ccc3[nH]nc(-c4cc5c(-c6ccc(C(C)=O)s6)cncc5[nH]4)c3n2)c1. The molecule has 0 spiro atoms. The van der Waals surface area contributed by atoms with E-state index in [0.29, 0.717) is 11.4 Å². The number of carbonyl (C=O) groups excluding carboxylic acids is 1. The summed E-state index contributed by atoms with van der Waals surface area (Å²) < 4.78 is 5.30. The van der Waals surface area contributed by atoms with Crippen molar-refractivity contribution in [2.45, 2.75) is 6.92 Å². The molecule has 6 aromatic rings. The van der Waals surface area contributed by atoms with Crippen LogP contribution in [0.1, 0.15) is 16.6 Å². The summed E-state index contributed by atoms with van der Waals surface area (Å²) in [5, 5.41) is 8.61. The van der Waals surface area contributed by atoms with Gasteiger partial charge in [0.25, 0.3) is 0 Å². The standard InChI is InChI=1S/C25H18N6O2S/c1-13(32)22-5-6-23(34-22)17-11-27-12-21-16(17)8-20(28-21)25-24-19(30-31-25)4-3-18(29-24)14-7-15(33-2)10-26-9-14/h3-12,28H,1-2H3,(H,30,31). The fraction of sp³-hybridized carbons (Fsp3) is 0.0800. The summed E-state index contributed by atoms with van der Waals surface area (Å²) in [6.07, 6.45) is 7.03. The Hall–Kier alpha value is -4.37. The minimum Gasteiger partial charge on any atom is -0.495 e. The van der Waals surface area contributed by atoms with E-state index in [1.807, 2.05) is 36.5 Å². The van der Waals surface area contributed by atoms with Crippen molar-refractivity contribution in [2.75, 3.05) is 7.11 Å². The number of rotatable bonds is 5. The number of hydrogen-bond acceptors (Lipinski definition) is 7. The van der Waals surface area contributed by atoms with Gasteiger partial charge in [-0.2, -0.15) is 5.10 Å². The first kappa shape index (κ1) is 20.3. The molecule has 6 aromatic heterocycles. The van der Waals surface area contributed by atoms with E-state index in [0.717, 1.165) is 54.2 Å². The van der Waals surface area contributed by atoms with Gasteiger partial charge in [-0.25, -0.2) is 4.98 Å². The molecule has 6 heterocycles. The predicted octanol–water partition coefficient (Wildman–Crippen LogP) is 5.50. The first-order valence-electron chi connectivity index (χ1n) is 10.5. The van der Waals surface area contributed by atoms with Crippen molar-refractivity contribution in [3.63, 3.8) is 0 Å². The lowest BCUT2D eigenvalue weighted by molar-refractivity contribution is 0.102. The molecule has 166 valence electrons. The van der Waals surface area contributed by atoms with Crippen molar-refractivity contribution in [1.29, 1.82) is 0 Å². The Bertz CT molecular complexity index is 1700. The van der Waals surface area contributed by atoms with Crippen LogP contribution in [0.15, 0.2) is 61.2 Å². The number of H-pyrrole nitrogens is 2. The maximum absolute atomic E-state index is 11.8. The van der Waals surface area contributed by atoms with Gasteiger partial charge in [-0.1, -0.05) is 0 Å². The van der Waals surface area contributed by atoms with Gasteiger partial charge in [0.1, 0.15) is 17.0 Å². The highest BCUT2D eigenvalue weighted by atomic mass is 32.1. The molecule has 9 heteroatoms. The number of hydrogen-bond donors (Lipinski definition) is 2. The molecule has 0 bridgehead atoms. The van der Waals surface area contributed by atoms with Gasteiger partial charge in [0.15, 0.2) is 5.78 Å². The molecule has 0 atom stereocenters. The number of pyridine rings is 3. The lowest BCUT2D eigenvalue weighted by Crippen LogP contribution is -1.89. The second-order valence-electron chi connectivity index (χ2n) is 7.83. The molecule has 0 aliphatic rings. The van der Waals surface area contributed by atoms with E-state index >= 15 is 0 Å². The molecule has 6 rings (SSSR count). The van der Waals surface area contributed by atoms with Crippen molar-refractivity contribution in [3.05, 3.63) is 66.1 Å². The van der Waals surface area contributed by atoms with Gasteiger partial charge in [0.05, 0.1) is 46.8 Å². The topological polar surface area (TPSA) is 109 Å². The zero-order valence-electron chi connectivity index (χ0n) is 18.3. The molecule has 0 aliphatic heterocycles. The van der Waals surface area contributed by atoms with Crippen LogP contribution in [0.25, 0.3) is 55.0 Å². The summed E-state index contributed by atoms with van der Waals surface area (Å²) in [7, 11) is 1.61. The van der Waals surface area contributed by atoms with E-state index in [2.05, 4.69) is 31.2 Å². The molecule has 34 heavy (non-hydrogen) atoms. The number of nitrogens with one attached hydrogen (secondary N) is 2. The Morgan fingerprint density at radius 2 is 1.88 bits per heavy atom. The van der Waals surface area contributed by atoms with Gasteiger partial charge < -0.3 is 9.72 Å². The summed E-state index contributed by atoms with van der Waals surface area (Å²) in [4.78, 5) is 30.4. The number of thiophene rings is 1. The smallest absolute Gasteiger partial charge is 0.169 e. The molecule has 0 aliphatic carbocycles. The Morgan fingerprint density at radius 1 is 1.00 bits per heavy atom. The molecule has 0 saturated carbocycles. The molecule has 0 radical (unpaired) electrons. The lowest BCUT2D eigenvalue weighted by Gasteiger charge is -2.04. The summed E-state index contributed by atoms with van der Waals surface area (Å²) >= 11 is 1.47. The highest BCUT2D eigenvalue weighted by Crippen LogP contribution is 2.36. The second-order valence-corrected chi connectivity index (χ2v) is 8.91. The lowest BCUT2D eigenvalue weighted by atomic mass is 10.1. The van der Waals surface area contributed by atoms with Crippen molar-refractivity contribution in [2.24, 2.45) is 0 Å². The van der Waals surface area contributed by atoms with E-state index in [4.69, 9.17) is 9.72 Å². The van der Waals surface area contributed by atoms with Gasteiger partial charge in [-0.3, -0.25) is 19.9 Å². The van der Waals surface area contributed by atoms with E-state index in [9.17, 15) is 4.79 Å². The van der Waals surface area contributed by atoms with Gasteiger partial charge in [0.2, 0.25) is 0 Å². The number of ketones is 1. The first-order chi connectivity index (χ1) is 16.6. The third-order valence-corrected chi connectivity index (χ3v) is 6.89. The minimum atomic E-state index is 0.0576. The zero-order chi connectivity index (χ0) is 23.2. The molecule has 0 unspecified atom stereocenters. The Kier molecular flexibility index (Phi) is 4.70. The van der Waals surface area contributed by atoms with Gasteiger partial charge in [-0.05, 0) is 43.3 Å². The van der Waals surface area contributed by atoms with E-state index < -0.39 is 0 Å². The number of aromatic nitrogens is 6. The van der Waals surface area contributed by atoms with Crippen LogP contribution in [0.3, 0.4) is 0 Å². The number of carbonyl (C=O) groups is 1. The van der Waals surface area contributed by atoms with Crippen LogP contribution < -0.4 is 4.74 Å². The number of Topliss-reactive ketones (excluding diaryl/α,β-unsaturated/α-hetero) is 1. The van der Waals surface area contributed by atoms with Crippen LogP contribution in [0, 0.1) is 0 Å². The van der Waals surface area contributed by atoms with Crippen LogP contribution in [-0.4, -0.2) is 43.0 Å². The number of nitrogens with zero attached hydrogens (tertiary/aromatic N) is 4. The number of fused-ring (bicyclic) bond motifs is 2. The number of methoxy groups -OCH3 is 1. The van der Waals surface area contributed by atoms with Crippen LogP contribution in [0.5, 0.6) is 5.75 Å². The second kappa shape index (κ2) is 7.89. The molecular formula is C25H18N6O2S. The minimum absolute atomic E-state index is 0.0576. The van der Waals surface area contributed by atoms with Crippen LogP contribution in [0.4, 0.5) is 0 Å². The van der Waals surface area contributed by atoms with E-state index in [-0.39, 0.29) is 5.78 Å². The summed E-state index contributed by atoms with van der Waals surface area (Å²) in [6.45, 7) is 1.58. The molecule has 8 nitrogen and oxygen atoms in total. The quantitative estimate of drug-likeness (QED) is 0.325. The Balaban J connectivity index is 1.47. The fourth-order valence-corrected chi connectivity index (χ4v) is 4.89. The third kappa shape index (κ3) is 3.34. The van der Waals surface area contributed by atoms with Crippen LogP contribution in [0.2, 0.25) is 0 Å². The van der Waals surface area contributed by atoms with Crippen molar-refractivity contribution in [1.82, 2.24) is 30.1 Å². The van der Waals surface area contributed by atoms with Crippen molar-refractivity contribution >= 4 is 39.1 Å². The average Bonchev–Trinajstić information content (AvgIpc) is 3.61. The highest BCUT2D eigenvalue weighted by Gasteiger charge is 2.17. The van der Waals surface area contributed by atoms with Gasteiger partial charge in [0, 0.05) is 33.8 Å². The van der Waals surface area contributed by atoms with Crippen molar-refractivity contribution in [3.8, 4) is 38.8 Å². The molecule has 0 saturated heterocycles. The molecule has 0 fully saturated rings. The Morgan fingerprint density at radius 3 is 2.71 bits per heavy atom. The van der Waals surface area contributed by atoms with E-state index in [1.54, 1.807) is 32.6 Å². The number of aromatic amines is 2. The molecule has 0 amide bonds. The summed E-state index contributed by atoms with van der Waals surface area (Å²) in [5.41, 5.74) is 6.60. The molecule has 2 N–H and O–H groups in total. The van der Waals surface area contributed by atoms with E-state index in [1.165, 1.54) is 11.3 Å². The Labute approximate surface area is 197 Å². The predicted molar refractivity (Wildman–Crippen MR) is 132 cm³/mol. The van der Waals surface area contributed by atoms with Gasteiger partial charge in [-0.15, -0.1) is 11.3 Å². The average molecular weight is 467 g/mol. The van der Waals surface area contributed by atoms with Crippen LogP contribution >= 0.6 is 11.3 Å². The van der Waals surface area contributed by atoms with Crippen LogP contribution in [-0.2, 0) is 0 Å². The normalized spacial score (nSPS) is 11.4. The largest absolute Gasteiger partial charge is 0.495 e. The summed E-state index contributed by atoms with van der Waals surface area (Å²) in [5.74, 6) is 0.728. The molecule has 0 aromatic carbocycles. The maximum Gasteiger partial charge on any atom is 0.169 e. The zero-order valence-corrected chi connectivity index (χ0v) is 19.1. The first-order valence-corrected chi connectivity index (χ1v) is 11.3. The third-order valence-electron chi connectivity index (χ3n) is 5.67. The number of ether oxygens (including phenoxy) is 1. The monoisotopic (exact) mass is 466 g/mol. The maximum atomic E-state index is 11.8. The van der Waals surface area contributed by atoms with Gasteiger partial charge >= 0.3 is 0 Å². The highest BCUT2D eigenvalue weighted by molar-refractivity contribution is 7.17. The molecular weight excluding hydrogens is 448 g/mol. The summed E-state index contributed by atoms with van der Waals surface area (Å²) in [6, 6.07) is 11.7. The fourth-order valence-electron chi connectivity index (χ4n) is 3.96.